The van der Waals surface area contributed by atoms with Crippen LogP contribution >= 0.6 is 0 Å². The number of benzene rings is 3. The monoisotopic (exact) mass is 416 g/mol. The predicted molar refractivity (Wildman–Crippen MR) is 138 cm³/mol. The van der Waals surface area contributed by atoms with Crippen LogP contribution in [0.15, 0.2) is 92.0 Å². The molecule has 0 aliphatic heterocycles. The van der Waals surface area contributed by atoms with Crippen LogP contribution in [0.3, 0.4) is 0 Å². The van der Waals surface area contributed by atoms with E-state index in [1.807, 2.05) is 6.07 Å². The summed E-state index contributed by atoms with van der Waals surface area (Å²) in [6.45, 7) is 8.80. The van der Waals surface area contributed by atoms with Crippen molar-refractivity contribution in [2.24, 2.45) is 5.92 Å². The Kier molecular flexibility index (Phi) is 5.95. The normalized spacial score (nSPS) is 17.5. The van der Waals surface area contributed by atoms with Gasteiger partial charge in [-0.2, -0.15) is 0 Å². The third kappa shape index (κ3) is 4.41. The maximum atomic E-state index is 4.51. The summed E-state index contributed by atoms with van der Waals surface area (Å²) < 4.78 is 0. The van der Waals surface area contributed by atoms with Gasteiger partial charge < -0.3 is 0 Å². The zero-order chi connectivity index (χ0) is 21.9. The average molecular weight is 417 g/mol. The van der Waals surface area contributed by atoms with Gasteiger partial charge in [-0.05, 0) is 95.0 Å². The molecule has 5 rings (SSSR count). The molecule has 3 aromatic rings. The van der Waals surface area contributed by atoms with E-state index in [0.29, 0.717) is 5.92 Å². The fourth-order valence-electron chi connectivity index (χ4n) is 5.28. The number of rotatable bonds is 6. The third-order valence-corrected chi connectivity index (χ3v) is 7.20. The quantitative estimate of drug-likeness (QED) is 0.379. The van der Waals surface area contributed by atoms with E-state index in [0.717, 1.165) is 12.0 Å². The first-order valence-corrected chi connectivity index (χ1v) is 12.0. The molecule has 160 valence electrons. The molecule has 0 bridgehead atoms. The first-order chi connectivity index (χ1) is 15.7. The van der Waals surface area contributed by atoms with Crippen molar-refractivity contribution in [3.05, 3.63) is 125 Å². The van der Waals surface area contributed by atoms with Gasteiger partial charge >= 0.3 is 0 Å². The summed E-state index contributed by atoms with van der Waals surface area (Å²) in [5.41, 5.74) is 12.2. The molecule has 1 unspecified atom stereocenters. The zero-order valence-electron chi connectivity index (χ0n) is 18.9. The molecule has 0 nitrogen and oxygen atoms in total. The van der Waals surface area contributed by atoms with Crippen LogP contribution in [-0.4, -0.2) is 0 Å². The highest BCUT2D eigenvalue weighted by Crippen LogP contribution is 2.37. The highest BCUT2D eigenvalue weighted by molar-refractivity contribution is 5.74. The number of aryl methyl sites for hydroxylation is 2. The molecule has 0 spiro atoms. The van der Waals surface area contributed by atoms with Crippen LogP contribution in [0.2, 0.25) is 0 Å². The van der Waals surface area contributed by atoms with Gasteiger partial charge in [0.15, 0.2) is 0 Å². The standard InChI is InChI=1S/C32H32/c1-23(26-8-4-3-5-9-26)20-25-14-16-27(17-15-25)24(2)29-11-7-13-31(21-29)32-19-18-28-10-6-12-30(28)22-32/h3-5,8-9,14-19,21-22,29H,1-2,6-7,10-13,20H2. The smallest absolute Gasteiger partial charge is 0.00241 e. The zero-order valence-corrected chi connectivity index (χ0v) is 18.9. The molecule has 0 saturated heterocycles. The summed E-state index contributed by atoms with van der Waals surface area (Å²) in [5, 5.41) is 0. The Labute approximate surface area is 193 Å². The van der Waals surface area contributed by atoms with Gasteiger partial charge in [-0.1, -0.05) is 92.0 Å². The number of fused-ring (bicyclic) bond motifs is 1. The lowest BCUT2D eigenvalue weighted by Crippen LogP contribution is -2.06. The van der Waals surface area contributed by atoms with Crippen molar-refractivity contribution in [1.29, 1.82) is 0 Å². The Hall–Kier alpha value is -3.12. The van der Waals surface area contributed by atoms with Crippen molar-refractivity contribution in [2.75, 3.05) is 0 Å². The largest absolute Gasteiger partial charge is 0.0949 e. The number of hydrogen-bond acceptors (Lipinski definition) is 0. The SMILES string of the molecule is C=C(Cc1ccc(C(=C)C2C=C(c3ccc4c(c3)CCC4)CCC2)cc1)c1ccccc1. The first kappa shape index (κ1) is 20.8. The van der Waals surface area contributed by atoms with Gasteiger partial charge in [0.05, 0.1) is 0 Å². The van der Waals surface area contributed by atoms with E-state index in [1.165, 1.54) is 71.9 Å². The van der Waals surface area contributed by atoms with Crippen molar-refractivity contribution in [3.8, 4) is 0 Å². The van der Waals surface area contributed by atoms with Crippen LogP contribution in [-0.2, 0) is 19.3 Å². The summed E-state index contributed by atoms with van der Waals surface area (Å²) in [4.78, 5) is 0. The Morgan fingerprint density at radius 3 is 2.34 bits per heavy atom. The van der Waals surface area contributed by atoms with E-state index in [9.17, 15) is 0 Å². The van der Waals surface area contributed by atoms with Gasteiger partial charge in [0.25, 0.3) is 0 Å². The lowest BCUT2D eigenvalue weighted by Gasteiger charge is -2.24. The Morgan fingerprint density at radius 2 is 1.53 bits per heavy atom. The summed E-state index contributed by atoms with van der Waals surface area (Å²) in [5.74, 6) is 0.428. The first-order valence-electron chi connectivity index (χ1n) is 12.0. The van der Waals surface area contributed by atoms with Crippen molar-refractivity contribution >= 4 is 16.7 Å². The molecule has 0 aromatic heterocycles. The Bertz CT molecular complexity index is 1160. The van der Waals surface area contributed by atoms with Gasteiger partial charge in [0, 0.05) is 5.92 Å². The molecule has 0 N–H and O–H groups in total. The second-order valence-electron chi connectivity index (χ2n) is 9.40. The summed E-state index contributed by atoms with van der Waals surface area (Å²) >= 11 is 0. The van der Waals surface area contributed by atoms with Crippen LogP contribution in [0.5, 0.6) is 0 Å². The minimum atomic E-state index is 0.428. The molecule has 0 fully saturated rings. The van der Waals surface area contributed by atoms with Crippen molar-refractivity contribution < 1.29 is 0 Å². The van der Waals surface area contributed by atoms with Crippen LogP contribution in [0.4, 0.5) is 0 Å². The second kappa shape index (κ2) is 9.17. The van der Waals surface area contributed by atoms with Gasteiger partial charge in [-0.3, -0.25) is 0 Å². The van der Waals surface area contributed by atoms with E-state index in [-0.39, 0.29) is 0 Å². The van der Waals surface area contributed by atoms with Crippen molar-refractivity contribution in [1.82, 2.24) is 0 Å². The molecule has 1 atom stereocenters. The highest BCUT2D eigenvalue weighted by atomic mass is 14.2. The molecular formula is C32H32. The number of allylic oxidation sites excluding steroid dienone is 4. The average Bonchev–Trinajstić information content (AvgIpc) is 3.33. The minimum absolute atomic E-state index is 0.428. The molecule has 2 aliphatic carbocycles. The summed E-state index contributed by atoms with van der Waals surface area (Å²) in [7, 11) is 0. The van der Waals surface area contributed by atoms with E-state index in [1.54, 1.807) is 11.1 Å². The topological polar surface area (TPSA) is 0 Å². The van der Waals surface area contributed by atoms with Crippen LogP contribution < -0.4 is 0 Å². The fraction of sp³-hybridized carbons (Fsp3) is 0.250. The van der Waals surface area contributed by atoms with E-state index in [4.69, 9.17) is 0 Å². The number of hydrogen-bond donors (Lipinski definition) is 0. The van der Waals surface area contributed by atoms with Gasteiger partial charge in [-0.15, -0.1) is 0 Å². The lowest BCUT2D eigenvalue weighted by molar-refractivity contribution is 0.653. The van der Waals surface area contributed by atoms with Gasteiger partial charge in [-0.25, -0.2) is 0 Å². The lowest BCUT2D eigenvalue weighted by atomic mass is 9.81. The molecule has 0 radical (unpaired) electrons. The summed E-state index contributed by atoms with van der Waals surface area (Å²) in [6.07, 6.45) is 10.8. The van der Waals surface area contributed by atoms with Crippen LogP contribution in [0, 0.1) is 5.92 Å². The van der Waals surface area contributed by atoms with E-state index in [2.05, 4.69) is 86.0 Å². The van der Waals surface area contributed by atoms with E-state index >= 15 is 0 Å². The molecule has 0 heterocycles. The maximum Gasteiger partial charge on any atom is 0.00241 e. The third-order valence-electron chi connectivity index (χ3n) is 7.20. The van der Waals surface area contributed by atoms with Gasteiger partial charge in [0.2, 0.25) is 0 Å². The molecule has 2 aliphatic rings. The minimum Gasteiger partial charge on any atom is -0.0949 e. The van der Waals surface area contributed by atoms with Crippen molar-refractivity contribution in [2.45, 2.75) is 44.9 Å². The van der Waals surface area contributed by atoms with E-state index < -0.39 is 0 Å². The van der Waals surface area contributed by atoms with Gasteiger partial charge in [0.1, 0.15) is 0 Å². The summed E-state index contributed by atoms with van der Waals surface area (Å²) in [6, 6.07) is 26.6. The molecule has 0 amide bonds. The predicted octanol–water partition coefficient (Wildman–Crippen LogP) is 8.33. The Morgan fingerprint density at radius 1 is 0.750 bits per heavy atom. The Balaban J connectivity index is 1.29. The molecule has 0 heteroatoms. The highest BCUT2D eigenvalue weighted by Gasteiger charge is 2.20. The molecule has 3 aromatic carbocycles. The molecule has 0 saturated carbocycles. The van der Waals surface area contributed by atoms with Crippen LogP contribution in [0.25, 0.3) is 16.7 Å². The molecular weight excluding hydrogens is 384 g/mol. The second-order valence-corrected chi connectivity index (χ2v) is 9.40. The molecule has 32 heavy (non-hydrogen) atoms. The van der Waals surface area contributed by atoms with Crippen molar-refractivity contribution in [3.63, 3.8) is 0 Å². The van der Waals surface area contributed by atoms with Crippen LogP contribution in [0.1, 0.15) is 59.1 Å². The fourth-order valence-corrected chi connectivity index (χ4v) is 5.28. The maximum absolute atomic E-state index is 4.51.